The van der Waals surface area contributed by atoms with Crippen molar-refractivity contribution < 1.29 is 14.4 Å². The van der Waals surface area contributed by atoms with E-state index in [9.17, 15) is 14.4 Å². The van der Waals surface area contributed by atoms with Gasteiger partial charge in [-0.15, -0.1) is 0 Å². The normalized spacial score (nSPS) is 10.1. The highest BCUT2D eigenvalue weighted by atomic mass is 16.2. The molecule has 4 nitrogen and oxygen atoms in total. The van der Waals surface area contributed by atoms with Crippen LogP contribution in [0.15, 0.2) is 84.9 Å². The van der Waals surface area contributed by atoms with Gasteiger partial charge in [-0.2, -0.15) is 0 Å². The first-order valence-corrected chi connectivity index (χ1v) is 7.76. The highest BCUT2D eigenvalue weighted by Crippen LogP contribution is 2.15. The Kier molecular flexibility index (Phi) is 4.81. The van der Waals surface area contributed by atoms with Gasteiger partial charge in [-0.1, -0.05) is 72.8 Å². The van der Waals surface area contributed by atoms with E-state index in [1.807, 2.05) is 6.07 Å². The van der Waals surface area contributed by atoms with Crippen LogP contribution in [-0.4, -0.2) is 17.5 Å². The fraction of sp³-hybridized carbons (Fsp3) is 0. The zero-order valence-corrected chi connectivity index (χ0v) is 13.3. The second-order valence-electron chi connectivity index (χ2n) is 5.43. The lowest BCUT2D eigenvalue weighted by Crippen LogP contribution is -2.22. The van der Waals surface area contributed by atoms with Gasteiger partial charge in [0.05, 0.1) is 0 Å². The average Bonchev–Trinajstić information content (AvgIpc) is 2.68. The molecular weight excluding hydrogens is 314 g/mol. The van der Waals surface area contributed by atoms with E-state index in [0.29, 0.717) is 22.4 Å². The van der Waals surface area contributed by atoms with Crippen LogP contribution in [0.2, 0.25) is 0 Å². The van der Waals surface area contributed by atoms with Crippen LogP contribution in [0.25, 0.3) is 0 Å². The van der Waals surface area contributed by atoms with Crippen LogP contribution >= 0.6 is 0 Å². The maximum atomic E-state index is 12.5. The summed E-state index contributed by atoms with van der Waals surface area (Å²) in [5.74, 6) is -1.51. The van der Waals surface area contributed by atoms with Gasteiger partial charge in [-0.05, 0) is 12.1 Å². The Labute approximate surface area is 145 Å². The minimum atomic E-state index is -0.740. The molecule has 0 fully saturated rings. The lowest BCUT2D eigenvalue weighted by Gasteiger charge is -2.07. The van der Waals surface area contributed by atoms with Gasteiger partial charge in [0.2, 0.25) is 0 Å². The van der Waals surface area contributed by atoms with E-state index in [2.05, 4.69) is 5.32 Å². The van der Waals surface area contributed by atoms with Crippen molar-refractivity contribution in [3.8, 4) is 0 Å². The van der Waals surface area contributed by atoms with Gasteiger partial charge in [0.1, 0.15) is 0 Å². The standard InChI is InChI=1S/C21H15NO3/c23-19(15-8-3-1-4-9-15)17-12-7-13-18(14-17)22-21(25)20(24)16-10-5-2-6-11-16/h1-14H,(H,22,25). The zero-order chi connectivity index (χ0) is 17.6. The van der Waals surface area contributed by atoms with Crippen LogP contribution in [0.3, 0.4) is 0 Å². The molecule has 0 saturated carbocycles. The predicted molar refractivity (Wildman–Crippen MR) is 95.7 cm³/mol. The Morgan fingerprint density at radius 3 is 1.80 bits per heavy atom. The van der Waals surface area contributed by atoms with Gasteiger partial charge < -0.3 is 5.32 Å². The van der Waals surface area contributed by atoms with Crippen molar-refractivity contribution in [2.75, 3.05) is 5.32 Å². The number of benzene rings is 3. The molecule has 25 heavy (non-hydrogen) atoms. The number of carbonyl (C=O) groups excluding carboxylic acids is 3. The first kappa shape index (κ1) is 16.3. The number of hydrogen-bond acceptors (Lipinski definition) is 3. The number of carbonyl (C=O) groups is 3. The summed E-state index contributed by atoms with van der Waals surface area (Å²) in [6, 6.07) is 23.7. The van der Waals surface area contributed by atoms with Crippen molar-refractivity contribution in [3.05, 3.63) is 102 Å². The average molecular weight is 329 g/mol. The molecule has 3 aromatic rings. The number of ketones is 2. The van der Waals surface area contributed by atoms with E-state index >= 15 is 0 Å². The van der Waals surface area contributed by atoms with Crippen LogP contribution in [-0.2, 0) is 4.79 Å². The van der Waals surface area contributed by atoms with E-state index in [-0.39, 0.29) is 5.78 Å². The maximum Gasteiger partial charge on any atom is 0.296 e. The summed E-state index contributed by atoms with van der Waals surface area (Å²) in [6.07, 6.45) is 0. The Hall–Kier alpha value is -3.53. The molecule has 1 N–H and O–H groups in total. The molecule has 0 aliphatic heterocycles. The molecule has 0 saturated heterocycles. The molecule has 0 radical (unpaired) electrons. The predicted octanol–water partition coefficient (Wildman–Crippen LogP) is 3.74. The lowest BCUT2D eigenvalue weighted by molar-refractivity contribution is -0.112. The molecule has 0 heterocycles. The van der Waals surface area contributed by atoms with E-state index in [0.717, 1.165) is 0 Å². The van der Waals surface area contributed by atoms with Crippen molar-refractivity contribution in [1.82, 2.24) is 0 Å². The van der Waals surface area contributed by atoms with Crippen LogP contribution < -0.4 is 5.32 Å². The molecule has 1 amide bonds. The van der Waals surface area contributed by atoms with Crippen LogP contribution in [0.5, 0.6) is 0 Å². The van der Waals surface area contributed by atoms with Gasteiger partial charge in [0.25, 0.3) is 11.7 Å². The van der Waals surface area contributed by atoms with E-state index < -0.39 is 11.7 Å². The fourth-order valence-electron chi connectivity index (χ4n) is 2.40. The highest BCUT2D eigenvalue weighted by molar-refractivity contribution is 6.46. The number of Topliss-reactive ketones (excluding diaryl/α,β-unsaturated/α-hetero) is 1. The third-order valence-corrected chi connectivity index (χ3v) is 3.66. The van der Waals surface area contributed by atoms with Crippen molar-refractivity contribution in [3.63, 3.8) is 0 Å². The monoisotopic (exact) mass is 329 g/mol. The molecule has 4 heteroatoms. The van der Waals surface area contributed by atoms with Crippen LogP contribution in [0, 0.1) is 0 Å². The third-order valence-electron chi connectivity index (χ3n) is 3.66. The minimum Gasteiger partial charge on any atom is -0.319 e. The maximum absolute atomic E-state index is 12.5. The smallest absolute Gasteiger partial charge is 0.296 e. The summed E-state index contributed by atoms with van der Waals surface area (Å²) in [5.41, 5.74) is 1.72. The summed E-state index contributed by atoms with van der Waals surface area (Å²) in [7, 11) is 0. The molecule has 0 bridgehead atoms. The van der Waals surface area contributed by atoms with Crippen molar-refractivity contribution >= 4 is 23.2 Å². The molecule has 0 aliphatic rings. The Balaban J connectivity index is 1.77. The minimum absolute atomic E-state index is 0.147. The molecule has 0 spiro atoms. The summed E-state index contributed by atoms with van der Waals surface area (Å²) in [5, 5.41) is 2.55. The van der Waals surface area contributed by atoms with Crippen LogP contribution in [0.1, 0.15) is 26.3 Å². The Morgan fingerprint density at radius 2 is 1.16 bits per heavy atom. The SMILES string of the molecule is O=C(Nc1cccc(C(=O)c2ccccc2)c1)C(=O)c1ccccc1. The third kappa shape index (κ3) is 3.87. The molecule has 0 atom stereocenters. The quantitative estimate of drug-likeness (QED) is 0.573. The first-order chi connectivity index (χ1) is 12.1. The van der Waals surface area contributed by atoms with Gasteiger partial charge in [-0.3, -0.25) is 14.4 Å². The highest BCUT2D eigenvalue weighted by Gasteiger charge is 2.16. The molecule has 0 aliphatic carbocycles. The largest absolute Gasteiger partial charge is 0.319 e. The lowest BCUT2D eigenvalue weighted by atomic mass is 10.0. The van der Waals surface area contributed by atoms with Gasteiger partial charge in [0, 0.05) is 22.4 Å². The van der Waals surface area contributed by atoms with Gasteiger partial charge >= 0.3 is 0 Å². The van der Waals surface area contributed by atoms with E-state index in [1.54, 1.807) is 78.9 Å². The topological polar surface area (TPSA) is 63.2 Å². The summed E-state index contributed by atoms with van der Waals surface area (Å²) in [4.78, 5) is 36.7. The van der Waals surface area contributed by atoms with Crippen molar-refractivity contribution in [2.24, 2.45) is 0 Å². The summed E-state index contributed by atoms with van der Waals surface area (Å²) in [6.45, 7) is 0. The fourth-order valence-corrected chi connectivity index (χ4v) is 2.40. The van der Waals surface area contributed by atoms with E-state index in [1.165, 1.54) is 0 Å². The second kappa shape index (κ2) is 7.36. The molecule has 0 unspecified atom stereocenters. The van der Waals surface area contributed by atoms with Gasteiger partial charge in [-0.25, -0.2) is 0 Å². The molecule has 3 aromatic carbocycles. The Bertz CT molecular complexity index is 918. The molecule has 122 valence electrons. The van der Waals surface area contributed by atoms with E-state index in [4.69, 9.17) is 0 Å². The number of anilines is 1. The number of rotatable bonds is 5. The van der Waals surface area contributed by atoms with Crippen molar-refractivity contribution in [1.29, 1.82) is 0 Å². The number of hydrogen-bond donors (Lipinski definition) is 1. The molecular formula is C21H15NO3. The second-order valence-corrected chi connectivity index (χ2v) is 5.43. The molecule has 0 aromatic heterocycles. The van der Waals surface area contributed by atoms with Gasteiger partial charge in [0.15, 0.2) is 5.78 Å². The molecule has 3 rings (SSSR count). The number of amides is 1. The number of nitrogens with one attached hydrogen (secondary N) is 1. The first-order valence-electron chi connectivity index (χ1n) is 7.76. The Morgan fingerprint density at radius 1 is 0.600 bits per heavy atom. The zero-order valence-electron chi connectivity index (χ0n) is 13.3. The van der Waals surface area contributed by atoms with Crippen LogP contribution in [0.4, 0.5) is 5.69 Å². The summed E-state index contributed by atoms with van der Waals surface area (Å²) >= 11 is 0. The summed E-state index contributed by atoms with van der Waals surface area (Å²) < 4.78 is 0. The van der Waals surface area contributed by atoms with Crippen molar-refractivity contribution in [2.45, 2.75) is 0 Å².